The maximum Gasteiger partial charge on any atom is 0.305 e. The summed E-state index contributed by atoms with van der Waals surface area (Å²) < 4.78 is 5.68. The first-order valence-corrected chi connectivity index (χ1v) is 8.76. The third-order valence-electron chi connectivity index (χ3n) is 5.30. The fraction of sp³-hybridized carbons (Fsp3) is 0.941. The zero-order valence-electron chi connectivity index (χ0n) is 13.4. The van der Waals surface area contributed by atoms with Crippen LogP contribution < -0.4 is 0 Å². The van der Waals surface area contributed by atoms with Crippen LogP contribution in [0.4, 0.5) is 0 Å². The highest BCUT2D eigenvalue weighted by molar-refractivity contribution is 5.66. The summed E-state index contributed by atoms with van der Waals surface area (Å²) >= 11 is 0. The Hall–Kier alpha value is -0.610. The molecule has 4 heteroatoms. The molecule has 4 nitrogen and oxygen atoms in total. The Morgan fingerprint density at radius 2 is 1.90 bits per heavy atom. The van der Waals surface area contributed by atoms with Crippen LogP contribution in [0.5, 0.6) is 0 Å². The van der Waals surface area contributed by atoms with Gasteiger partial charge in [-0.25, -0.2) is 0 Å². The number of carboxylic acids is 1. The van der Waals surface area contributed by atoms with E-state index in [1.165, 1.54) is 38.5 Å². The Balaban J connectivity index is 1.67. The van der Waals surface area contributed by atoms with E-state index in [0.29, 0.717) is 6.61 Å². The fourth-order valence-corrected chi connectivity index (χ4v) is 3.85. The molecule has 0 aromatic heterocycles. The molecule has 0 aromatic carbocycles. The van der Waals surface area contributed by atoms with Crippen LogP contribution in [0.3, 0.4) is 0 Å². The second kappa shape index (κ2) is 8.74. The molecule has 0 aromatic rings. The molecule has 2 unspecified atom stereocenters. The number of likely N-dealkylation sites (tertiary alicyclic amines) is 1. The average Bonchev–Trinajstić information content (AvgIpc) is 2.73. The van der Waals surface area contributed by atoms with Gasteiger partial charge in [-0.05, 0) is 38.0 Å². The largest absolute Gasteiger partial charge is 0.481 e. The van der Waals surface area contributed by atoms with Crippen LogP contribution in [0.15, 0.2) is 0 Å². The van der Waals surface area contributed by atoms with Crippen molar-refractivity contribution in [2.24, 2.45) is 5.92 Å². The van der Waals surface area contributed by atoms with Gasteiger partial charge in [0.2, 0.25) is 0 Å². The van der Waals surface area contributed by atoms with Crippen molar-refractivity contribution in [3.05, 3.63) is 0 Å². The topological polar surface area (TPSA) is 49.8 Å². The lowest BCUT2D eigenvalue weighted by Crippen LogP contribution is -2.43. The van der Waals surface area contributed by atoms with Crippen LogP contribution in [-0.4, -0.2) is 47.8 Å². The van der Waals surface area contributed by atoms with E-state index in [0.717, 1.165) is 37.9 Å². The van der Waals surface area contributed by atoms with E-state index in [1.54, 1.807) is 0 Å². The molecule has 0 radical (unpaired) electrons. The lowest BCUT2D eigenvalue weighted by atomic mass is 9.97. The van der Waals surface area contributed by atoms with Crippen molar-refractivity contribution >= 4 is 5.97 Å². The highest BCUT2D eigenvalue weighted by atomic mass is 16.5. The molecule has 1 heterocycles. The maximum absolute atomic E-state index is 10.5. The SMILES string of the molecule is CCC1CCCC(N2CCC(OCCC(=O)O)CC2)CC1. The van der Waals surface area contributed by atoms with Crippen molar-refractivity contribution in [3.63, 3.8) is 0 Å². The molecule has 2 aliphatic rings. The van der Waals surface area contributed by atoms with Gasteiger partial charge in [0.05, 0.1) is 19.1 Å². The fourth-order valence-electron chi connectivity index (χ4n) is 3.85. The van der Waals surface area contributed by atoms with E-state index >= 15 is 0 Å². The van der Waals surface area contributed by atoms with E-state index in [1.807, 2.05) is 0 Å². The number of hydrogen-bond donors (Lipinski definition) is 1. The van der Waals surface area contributed by atoms with Gasteiger partial charge in [-0.2, -0.15) is 0 Å². The normalized spacial score (nSPS) is 29.2. The molecule has 0 amide bonds. The summed E-state index contributed by atoms with van der Waals surface area (Å²) in [5.41, 5.74) is 0. The van der Waals surface area contributed by atoms with Gasteiger partial charge < -0.3 is 14.7 Å². The van der Waals surface area contributed by atoms with Gasteiger partial charge in [-0.1, -0.05) is 26.2 Å². The van der Waals surface area contributed by atoms with Gasteiger partial charge in [-0.3, -0.25) is 4.79 Å². The first-order valence-electron chi connectivity index (χ1n) is 8.76. The predicted molar refractivity (Wildman–Crippen MR) is 83.5 cm³/mol. The summed E-state index contributed by atoms with van der Waals surface area (Å²) in [6, 6.07) is 0.779. The number of piperidine rings is 1. The average molecular weight is 297 g/mol. The van der Waals surface area contributed by atoms with Gasteiger partial charge in [-0.15, -0.1) is 0 Å². The number of carboxylic acid groups (broad SMARTS) is 1. The zero-order valence-corrected chi connectivity index (χ0v) is 13.4. The van der Waals surface area contributed by atoms with Crippen molar-refractivity contribution < 1.29 is 14.6 Å². The number of hydrogen-bond acceptors (Lipinski definition) is 3. The van der Waals surface area contributed by atoms with E-state index < -0.39 is 5.97 Å². The van der Waals surface area contributed by atoms with Gasteiger partial charge in [0.15, 0.2) is 0 Å². The van der Waals surface area contributed by atoms with Crippen LogP contribution in [0.1, 0.15) is 64.7 Å². The zero-order chi connectivity index (χ0) is 15.1. The van der Waals surface area contributed by atoms with Crippen molar-refractivity contribution in [3.8, 4) is 0 Å². The van der Waals surface area contributed by atoms with Crippen LogP contribution in [0.2, 0.25) is 0 Å². The Morgan fingerprint density at radius 3 is 2.57 bits per heavy atom. The minimum Gasteiger partial charge on any atom is -0.481 e. The third-order valence-corrected chi connectivity index (χ3v) is 5.30. The molecule has 2 fully saturated rings. The monoisotopic (exact) mass is 297 g/mol. The highest BCUT2D eigenvalue weighted by Gasteiger charge is 2.27. The van der Waals surface area contributed by atoms with Gasteiger partial charge in [0.1, 0.15) is 0 Å². The summed E-state index contributed by atoms with van der Waals surface area (Å²) in [6.45, 7) is 4.94. The smallest absolute Gasteiger partial charge is 0.305 e. The standard InChI is InChI=1S/C17H31NO3/c1-2-14-4-3-5-15(7-6-14)18-11-8-16(9-12-18)21-13-10-17(19)20/h14-16H,2-13H2,1H3,(H,19,20). The van der Waals surface area contributed by atoms with Crippen LogP contribution >= 0.6 is 0 Å². The molecule has 2 rings (SSSR count). The number of aliphatic carboxylic acids is 1. The molecular formula is C17H31NO3. The molecule has 2 atom stereocenters. The van der Waals surface area contributed by atoms with E-state index in [4.69, 9.17) is 9.84 Å². The highest BCUT2D eigenvalue weighted by Crippen LogP contribution is 2.29. The van der Waals surface area contributed by atoms with Gasteiger partial charge >= 0.3 is 5.97 Å². The second-order valence-corrected chi connectivity index (χ2v) is 6.69. The first-order chi connectivity index (χ1) is 10.2. The van der Waals surface area contributed by atoms with E-state index in [9.17, 15) is 4.79 Å². The molecule has 1 saturated carbocycles. The van der Waals surface area contributed by atoms with E-state index in [-0.39, 0.29) is 12.5 Å². The van der Waals surface area contributed by atoms with Crippen molar-refractivity contribution in [1.82, 2.24) is 4.90 Å². The number of carbonyl (C=O) groups is 1. The van der Waals surface area contributed by atoms with Gasteiger partial charge in [0.25, 0.3) is 0 Å². The predicted octanol–water partition coefficient (Wildman–Crippen LogP) is 3.30. The maximum atomic E-state index is 10.5. The minimum absolute atomic E-state index is 0.126. The molecule has 1 aliphatic carbocycles. The van der Waals surface area contributed by atoms with Crippen LogP contribution in [0, 0.1) is 5.92 Å². The van der Waals surface area contributed by atoms with E-state index in [2.05, 4.69) is 11.8 Å². The number of nitrogens with zero attached hydrogens (tertiary/aromatic N) is 1. The summed E-state index contributed by atoms with van der Waals surface area (Å²) in [4.78, 5) is 13.2. The molecule has 0 bridgehead atoms. The van der Waals surface area contributed by atoms with Crippen molar-refractivity contribution in [2.75, 3.05) is 19.7 Å². The summed E-state index contributed by atoms with van der Waals surface area (Å²) in [5.74, 6) is 0.184. The molecule has 21 heavy (non-hydrogen) atoms. The molecule has 0 spiro atoms. The third kappa shape index (κ3) is 5.59. The quantitative estimate of drug-likeness (QED) is 0.764. The summed E-state index contributed by atoms with van der Waals surface area (Å²) in [7, 11) is 0. The van der Waals surface area contributed by atoms with Crippen molar-refractivity contribution in [1.29, 1.82) is 0 Å². The molecule has 1 saturated heterocycles. The molecular weight excluding hydrogens is 266 g/mol. The van der Waals surface area contributed by atoms with Gasteiger partial charge in [0, 0.05) is 19.1 Å². The second-order valence-electron chi connectivity index (χ2n) is 6.69. The molecule has 1 N–H and O–H groups in total. The molecule has 122 valence electrons. The molecule has 1 aliphatic heterocycles. The Kier molecular flexibility index (Phi) is 6.97. The summed E-state index contributed by atoms with van der Waals surface area (Å²) in [6.07, 6.45) is 10.8. The Morgan fingerprint density at radius 1 is 1.14 bits per heavy atom. The lowest BCUT2D eigenvalue weighted by molar-refractivity contribution is -0.138. The van der Waals surface area contributed by atoms with Crippen LogP contribution in [0.25, 0.3) is 0 Å². The lowest BCUT2D eigenvalue weighted by Gasteiger charge is -2.37. The number of ether oxygens (including phenoxy) is 1. The first kappa shape index (κ1) is 16.8. The van der Waals surface area contributed by atoms with Crippen LogP contribution in [-0.2, 0) is 9.53 Å². The Labute approximate surface area is 128 Å². The Bertz CT molecular complexity index is 313. The number of rotatable bonds is 6. The minimum atomic E-state index is -0.767. The van der Waals surface area contributed by atoms with Crippen molar-refractivity contribution in [2.45, 2.75) is 76.9 Å². The summed E-state index contributed by atoms with van der Waals surface area (Å²) in [5, 5.41) is 8.64.